The van der Waals surface area contributed by atoms with Crippen LogP contribution in [0.1, 0.15) is 40.5 Å². The van der Waals surface area contributed by atoms with Crippen LogP contribution in [0.4, 0.5) is 5.69 Å². The molecule has 0 spiro atoms. The summed E-state index contributed by atoms with van der Waals surface area (Å²) in [5.41, 5.74) is 0.375. The van der Waals surface area contributed by atoms with Gasteiger partial charge in [-0.25, -0.2) is 0 Å². The zero-order valence-electron chi connectivity index (χ0n) is 14.1. The lowest BCUT2D eigenvalue weighted by molar-refractivity contribution is -0.136. The average Bonchev–Trinajstić information content (AvgIpc) is 2.39. The third-order valence-corrected chi connectivity index (χ3v) is 3.62. The van der Waals surface area contributed by atoms with E-state index in [-0.39, 0.29) is 23.8 Å². The van der Waals surface area contributed by atoms with Gasteiger partial charge in [0.05, 0.1) is 17.3 Å². The smallest absolute Gasteiger partial charge is 0.244 e. The molecule has 0 aliphatic heterocycles. The molecular formula is C17H24Cl2N2O2. The molecule has 1 aromatic carbocycles. The Kier molecular flexibility index (Phi) is 7.36. The predicted octanol–water partition coefficient (Wildman–Crippen LogP) is 4.61. The van der Waals surface area contributed by atoms with Crippen LogP contribution in [-0.2, 0) is 9.59 Å². The fourth-order valence-electron chi connectivity index (χ4n) is 2.08. The first-order valence-corrected chi connectivity index (χ1v) is 8.40. The summed E-state index contributed by atoms with van der Waals surface area (Å²) in [6, 6.07) is 4.86. The van der Waals surface area contributed by atoms with E-state index < -0.39 is 0 Å². The highest BCUT2D eigenvalue weighted by atomic mass is 35.5. The fraction of sp³-hybridized carbons (Fsp3) is 0.529. The molecule has 0 saturated heterocycles. The quantitative estimate of drug-likeness (QED) is 0.807. The number of nitrogens with zero attached hydrogens (tertiary/aromatic N) is 1. The van der Waals surface area contributed by atoms with Crippen molar-refractivity contribution in [1.82, 2.24) is 4.90 Å². The largest absolute Gasteiger partial charge is 0.333 e. The van der Waals surface area contributed by atoms with Crippen LogP contribution < -0.4 is 5.32 Å². The third kappa shape index (κ3) is 7.23. The van der Waals surface area contributed by atoms with E-state index in [2.05, 4.69) is 5.32 Å². The highest BCUT2D eigenvalue weighted by Gasteiger charge is 2.22. The topological polar surface area (TPSA) is 49.4 Å². The van der Waals surface area contributed by atoms with E-state index in [9.17, 15) is 9.59 Å². The standard InChI is InChI=1S/C17H24Cl2N2O2/c1-5-8-21(16(23)10-17(2,3)4)11-15(22)20-14-7-6-12(18)9-13(14)19/h6-7,9H,5,8,10-11H2,1-4H3,(H,20,22). The highest BCUT2D eigenvalue weighted by Crippen LogP contribution is 2.25. The Morgan fingerprint density at radius 1 is 1.22 bits per heavy atom. The number of nitrogens with one attached hydrogen (secondary N) is 1. The summed E-state index contributed by atoms with van der Waals surface area (Å²) in [6.45, 7) is 8.55. The second-order valence-electron chi connectivity index (χ2n) is 6.73. The molecule has 1 aromatic rings. The molecule has 1 rings (SSSR count). The zero-order chi connectivity index (χ0) is 17.6. The van der Waals surface area contributed by atoms with Crippen LogP contribution in [0.3, 0.4) is 0 Å². The maximum atomic E-state index is 12.4. The Morgan fingerprint density at radius 3 is 2.39 bits per heavy atom. The highest BCUT2D eigenvalue weighted by molar-refractivity contribution is 6.36. The van der Waals surface area contributed by atoms with Crippen LogP contribution >= 0.6 is 23.2 Å². The molecule has 0 aliphatic rings. The first-order valence-electron chi connectivity index (χ1n) is 7.65. The van der Waals surface area contributed by atoms with Crippen LogP contribution in [0.15, 0.2) is 18.2 Å². The summed E-state index contributed by atoms with van der Waals surface area (Å²) in [5, 5.41) is 3.59. The summed E-state index contributed by atoms with van der Waals surface area (Å²) in [5.74, 6) is -0.290. The monoisotopic (exact) mass is 358 g/mol. The number of rotatable bonds is 6. The van der Waals surface area contributed by atoms with Gasteiger partial charge in [-0.3, -0.25) is 9.59 Å². The van der Waals surface area contributed by atoms with E-state index in [1.165, 1.54) is 0 Å². The fourth-order valence-corrected chi connectivity index (χ4v) is 2.54. The van der Waals surface area contributed by atoms with Crippen molar-refractivity contribution in [2.45, 2.75) is 40.5 Å². The van der Waals surface area contributed by atoms with Gasteiger partial charge >= 0.3 is 0 Å². The lowest BCUT2D eigenvalue weighted by Gasteiger charge is -2.26. The van der Waals surface area contributed by atoms with Crippen molar-refractivity contribution in [3.8, 4) is 0 Å². The number of amides is 2. The van der Waals surface area contributed by atoms with Gasteiger partial charge < -0.3 is 10.2 Å². The van der Waals surface area contributed by atoms with Crippen molar-refractivity contribution in [1.29, 1.82) is 0 Å². The molecule has 0 atom stereocenters. The summed E-state index contributed by atoms with van der Waals surface area (Å²) >= 11 is 11.9. The lowest BCUT2D eigenvalue weighted by Crippen LogP contribution is -2.40. The molecule has 0 heterocycles. The van der Waals surface area contributed by atoms with E-state index in [1.807, 2.05) is 27.7 Å². The normalized spacial score (nSPS) is 11.2. The summed E-state index contributed by atoms with van der Waals surface area (Å²) in [7, 11) is 0. The number of hydrogen-bond acceptors (Lipinski definition) is 2. The minimum absolute atomic E-state index is 0.0156. The number of carbonyl (C=O) groups excluding carboxylic acids is 2. The Bertz CT molecular complexity index is 568. The van der Waals surface area contributed by atoms with E-state index >= 15 is 0 Å². The van der Waals surface area contributed by atoms with Crippen LogP contribution in [-0.4, -0.2) is 29.8 Å². The van der Waals surface area contributed by atoms with E-state index in [4.69, 9.17) is 23.2 Å². The maximum absolute atomic E-state index is 12.4. The first-order chi connectivity index (χ1) is 10.6. The van der Waals surface area contributed by atoms with Crippen molar-refractivity contribution >= 4 is 40.7 Å². The summed E-state index contributed by atoms with van der Waals surface area (Å²) < 4.78 is 0. The van der Waals surface area contributed by atoms with Gasteiger partial charge in [-0.2, -0.15) is 0 Å². The summed E-state index contributed by atoms with van der Waals surface area (Å²) in [6.07, 6.45) is 1.20. The van der Waals surface area contributed by atoms with Crippen molar-refractivity contribution in [3.63, 3.8) is 0 Å². The van der Waals surface area contributed by atoms with Gasteiger partial charge in [0.15, 0.2) is 0 Å². The zero-order valence-corrected chi connectivity index (χ0v) is 15.6. The Hall–Kier alpha value is -1.26. The van der Waals surface area contributed by atoms with Crippen LogP contribution in [0, 0.1) is 5.41 Å². The number of anilines is 1. The van der Waals surface area contributed by atoms with E-state index in [0.29, 0.717) is 28.7 Å². The molecule has 0 fully saturated rings. The second-order valence-corrected chi connectivity index (χ2v) is 7.57. The van der Waals surface area contributed by atoms with Crippen molar-refractivity contribution in [3.05, 3.63) is 28.2 Å². The molecular weight excluding hydrogens is 335 g/mol. The van der Waals surface area contributed by atoms with Gasteiger partial charge in [0.25, 0.3) is 0 Å². The molecule has 6 heteroatoms. The lowest BCUT2D eigenvalue weighted by atomic mass is 9.91. The molecule has 0 unspecified atom stereocenters. The van der Waals surface area contributed by atoms with Crippen molar-refractivity contribution < 1.29 is 9.59 Å². The van der Waals surface area contributed by atoms with E-state index in [0.717, 1.165) is 6.42 Å². The minimum atomic E-state index is -0.273. The molecule has 0 aromatic heterocycles. The first kappa shape index (κ1) is 19.8. The second kappa shape index (κ2) is 8.55. The number of carbonyl (C=O) groups is 2. The minimum Gasteiger partial charge on any atom is -0.333 e. The third-order valence-electron chi connectivity index (χ3n) is 3.07. The van der Waals surface area contributed by atoms with Gasteiger partial charge in [0.2, 0.25) is 11.8 Å². The Labute approximate surface area is 148 Å². The predicted molar refractivity (Wildman–Crippen MR) is 96.0 cm³/mol. The molecule has 0 saturated carbocycles. The molecule has 0 aliphatic carbocycles. The molecule has 0 radical (unpaired) electrons. The van der Waals surface area contributed by atoms with Crippen molar-refractivity contribution in [2.75, 3.05) is 18.4 Å². The van der Waals surface area contributed by atoms with Crippen LogP contribution in [0.2, 0.25) is 10.0 Å². The molecule has 4 nitrogen and oxygen atoms in total. The van der Waals surface area contributed by atoms with Crippen LogP contribution in [0.25, 0.3) is 0 Å². The summed E-state index contributed by atoms with van der Waals surface area (Å²) in [4.78, 5) is 26.1. The number of hydrogen-bond donors (Lipinski definition) is 1. The SMILES string of the molecule is CCCN(CC(=O)Nc1ccc(Cl)cc1Cl)C(=O)CC(C)(C)C. The van der Waals surface area contributed by atoms with Gasteiger partial charge in [0.1, 0.15) is 0 Å². The average molecular weight is 359 g/mol. The Balaban J connectivity index is 2.72. The maximum Gasteiger partial charge on any atom is 0.244 e. The van der Waals surface area contributed by atoms with Crippen LogP contribution in [0.5, 0.6) is 0 Å². The van der Waals surface area contributed by atoms with Gasteiger partial charge in [-0.05, 0) is 30.0 Å². The van der Waals surface area contributed by atoms with Crippen molar-refractivity contribution in [2.24, 2.45) is 5.41 Å². The van der Waals surface area contributed by atoms with E-state index in [1.54, 1.807) is 23.1 Å². The Morgan fingerprint density at radius 2 is 1.87 bits per heavy atom. The molecule has 128 valence electrons. The molecule has 0 bridgehead atoms. The molecule has 1 N–H and O–H groups in total. The van der Waals surface area contributed by atoms with Gasteiger partial charge in [-0.1, -0.05) is 50.9 Å². The molecule has 2 amide bonds. The number of halogens is 2. The van der Waals surface area contributed by atoms with Gasteiger partial charge in [-0.15, -0.1) is 0 Å². The van der Waals surface area contributed by atoms with Gasteiger partial charge in [0, 0.05) is 18.0 Å². The number of benzene rings is 1. The molecule has 23 heavy (non-hydrogen) atoms.